The van der Waals surface area contributed by atoms with E-state index in [-0.39, 0.29) is 11.9 Å². The van der Waals surface area contributed by atoms with Gasteiger partial charge in [-0.05, 0) is 37.9 Å². The van der Waals surface area contributed by atoms with Crippen molar-refractivity contribution < 1.29 is 4.39 Å². The Balaban J connectivity index is 1.65. The van der Waals surface area contributed by atoms with Crippen molar-refractivity contribution in [1.82, 2.24) is 9.80 Å². The van der Waals surface area contributed by atoms with Gasteiger partial charge in [0.15, 0.2) is 0 Å². The van der Waals surface area contributed by atoms with Crippen LogP contribution in [0.25, 0.3) is 0 Å². The highest BCUT2D eigenvalue weighted by atomic mass is 19.1. The summed E-state index contributed by atoms with van der Waals surface area (Å²) in [7, 11) is 0. The average Bonchev–Trinajstić information content (AvgIpc) is 2.88. The van der Waals surface area contributed by atoms with Gasteiger partial charge in [0.25, 0.3) is 0 Å². The van der Waals surface area contributed by atoms with E-state index in [0.717, 1.165) is 37.3 Å². The summed E-state index contributed by atoms with van der Waals surface area (Å²) in [6.07, 6.45) is 2.61. The van der Waals surface area contributed by atoms with E-state index in [0.29, 0.717) is 6.04 Å². The average molecular weight is 277 g/mol. The molecule has 2 heterocycles. The number of benzene rings is 1. The van der Waals surface area contributed by atoms with Crippen LogP contribution < -0.4 is 5.73 Å². The third-order valence-corrected chi connectivity index (χ3v) is 4.67. The molecule has 2 aliphatic rings. The Morgan fingerprint density at radius 1 is 1.35 bits per heavy atom. The molecule has 2 fully saturated rings. The molecule has 2 N–H and O–H groups in total. The summed E-state index contributed by atoms with van der Waals surface area (Å²) in [6, 6.07) is 6.02. The molecule has 2 aliphatic heterocycles. The quantitative estimate of drug-likeness (QED) is 0.918. The number of halogens is 1. The van der Waals surface area contributed by atoms with Gasteiger partial charge < -0.3 is 5.73 Å². The summed E-state index contributed by atoms with van der Waals surface area (Å²) in [4.78, 5) is 4.96. The van der Waals surface area contributed by atoms with Gasteiger partial charge in [-0.15, -0.1) is 0 Å². The van der Waals surface area contributed by atoms with Gasteiger partial charge in [-0.3, -0.25) is 9.80 Å². The normalized spacial score (nSPS) is 25.6. The predicted octanol–water partition coefficient (Wildman–Crippen LogP) is 2.13. The lowest BCUT2D eigenvalue weighted by Gasteiger charge is -2.37. The lowest BCUT2D eigenvalue weighted by molar-refractivity contribution is 0.0985. The third kappa shape index (κ3) is 2.87. The van der Waals surface area contributed by atoms with Gasteiger partial charge in [-0.1, -0.05) is 12.1 Å². The highest BCUT2D eigenvalue weighted by molar-refractivity contribution is 5.26. The molecule has 2 saturated heterocycles. The van der Waals surface area contributed by atoms with Crippen molar-refractivity contribution >= 4 is 0 Å². The maximum atomic E-state index is 14.1. The first-order chi connectivity index (χ1) is 9.63. The second-order valence-electron chi connectivity index (χ2n) is 6.21. The highest BCUT2D eigenvalue weighted by Crippen LogP contribution is 2.23. The number of piperazine rings is 1. The zero-order valence-electron chi connectivity index (χ0n) is 12.2. The summed E-state index contributed by atoms with van der Waals surface area (Å²) in [6.45, 7) is 7.10. The third-order valence-electron chi connectivity index (χ3n) is 4.67. The van der Waals surface area contributed by atoms with Crippen molar-refractivity contribution in [1.29, 1.82) is 0 Å². The van der Waals surface area contributed by atoms with E-state index < -0.39 is 0 Å². The van der Waals surface area contributed by atoms with Crippen molar-refractivity contribution in [2.24, 2.45) is 5.73 Å². The molecule has 3 rings (SSSR count). The molecule has 0 aromatic heterocycles. The molecule has 2 atom stereocenters. The van der Waals surface area contributed by atoms with E-state index in [4.69, 9.17) is 5.73 Å². The first-order valence-electron chi connectivity index (χ1n) is 7.64. The van der Waals surface area contributed by atoms with Crippen LogP contribution in [0.2, 0.25) is 0 Å². The molecule has 0 spiro atoms. The van der Waals surface area contributed by atoms with Gasteiger partial charge in [0.1, 0.15) is 5.82 Å². The zero-order valence-corrected chi connectivity index (χ0v) is 12.2. The van der Waals surface area contributed by atoms with Crippen molar-refractivity contribution in [3.8, 4) is 0 Å². The molecular weight excluding hydrogens is 253 g/mol. The van der Waals surface area contributed by atoms with Gasteiger partial charge in [0.05, 0.1) is 0 Å². The summed E-state index contributed by atoms with van der Waals surface area (Å²) in [5.41, 5.74) is 7.45. The number of fused-ring (bicyclic) bond motifs is 1. The van der Waals surface area contributed by atoms with Gasteiger partial charge in [-0.25, -0.2) is 4.39 Å². The number of hydrogen-bond donors (Lipinski definition) is 1. The van der Waals surface area contributed by atoms with Gasteiger partial charge in [-0.2, -0.15) is 0 Å². The fraction of sp³-hybridized carbons (Fsp3) is 0.625. The molecular formula is C16H24FN3. The van der Waals surface area contributed by atoms with Crippen LogP contribution in [0.3, 0.4) is 0 Å². The summed E-state index contributed by atoms with van der Waals surface area (Å²) in [5.74, 6) is -0.117. The second-order valence-corrected chi connectivity index (χ2v) is 6.21. The number of nitrogens with two attached hydrogens (primary N) is 1. The first kappa shape index (κ1) is 14.0. The van der Waals surface area contributed by atoms with E-state index in [1.54, 1.807) is 6.07 Å². The molecule has 0 aliphatic carbocycles. The topological polar surface area (TPSA) is 32.5 Å². The Morgan fingerprint density at radius 3 is 2.95 bits per heavy atom. The maximum Gasteiger partial charge on any atom is 0.128 e. The minimum absolute atomic E-state index is 0.111. The van der Waals surface area contributed by atoms with Crippen LogP contribution in [-0.2, 0) is 6.54 Å². The largest absolute Gasteiger partial charge is 0.324 e. The van der Waals surface area contributed by atoms with Crippen LogP contribution in [0.4, 0.5) is 4.39 Å². The van der Waals surface area contributed by atoms with Crippen LogP contribution in [-0.4, -0.2) is 42.0 Å². The van der Waals surface area contributed by atoms with E-state index in [1.807, 2.05) is 19.1 Å². The number of rotatable bonds is 3. The Kier molecular flexibility index (Phi) is 4.06. The minimum Gasteiger partial charge on any atom is -0.324 e. The summed E-state index contributed by atoms with van der Waals surface area (Å²) < 4.78 is 14.1. The maximum absolute atomic E-state index is 14.1. The van der Waals surface area contributed by atoms with Crippen molar-refractivity contribution in [3.63, 3.8) is 0 Å². The first-order valence-corrected chi connectivity index (χ1v) is 7.64. The molecule has 0 saturated carbocycles. The smallest absolute Gasteiger partial charge is 0.128 e. The van der Waals surface area contributed by atoms with E-state index in [1.165, 1.54) is 19.4 Å². The monoisotopic (exact) mass is 277 g/mol. The number of hydrogen-bond acceptors (Lipinski definition) is 3. The van der Waals surface area contributed by atoms with Crippen LogP contribution >= 0.6 is 0 Å². The van der Waals surface area contributed by atoms with Crippen molar-refractivity contribution in [3.05, 3.63) is 35.1 Å². The lowest BCUT2D eigenvalue weighted by atomic mass is 10.0. The molecule has 0 bridgehead atoms. The fourth-order valence-electron chi connectivity index (χ4n) is 3.42. The standard InChI is InChI=1S/C16H24FN3/c1-12(18)13-4-5-14(16(17)9-13)10-19-7-8-20-6-2-3-15(20)11-19/h4-5,9,12,15H,2-3,6-8,10-11,18H2,1H3/t12-,15+/m0/s1. The minimum atomic E-state index is -0.117. The molecule has 1 aromatic rings. The SMILES string of the molecule is C[C@H](N)c1ccc(CN2CCN3CCC[C@@H]3C2)c(F)c1. The molecule has 3 nitrogen and oxygen atoms in total. The zero-order chi connectivity index (χ0) is 14.1. The summed E-state index contributed by atoms with van der Waals surface area (Å²) >= 11 is 0. The van der Waals surface area contributed by atoms with Gasteiger partial charge >= 0.3 is 0 Å². The molecule has 110 valence electrons. The Bertz CT molecular complexity index is 475. The van der Waals surface area contributed by atoms with Gasteiger partial charge in [0.2, 0.25) is 0 Å². The fourth-order valence-corrected chi connectivity index (χ4v) is 3.42. The van der Waals surface area contributed by atoms with Crippen LogP contribution in [0.1, 0.15) is 36.9 Å². The van der Waals surface area contributed by atoms with E-state index in [2.05, 4.69) is 9.80 Å². The molecule has 0 radical (unpaired) electrons. The summed E-state index contributed by atoms with van der Waals surface area (Å²) in [5, 5.41) is 0. The van der Waals surface area contributed by atoms with Crippen molar-refractivity contribution in [2.75, 3.05) is 26.2 Å². The van der Waals surface area contributed by atoms with E-state index in [9.17, 15) is 4.39 Å². The molecule has 4 heteroatoms. The van der Waals surface area contributed by atoms with Crippen LogP contribution in [0.5, 0.6) is 0 Å². The highest BCUT2D eigenvalue weighted by Gasteiger charge is 2.30. The molecule has 1 aromatic carbocycles. The molecule has 20 heavy (non-hydrogen) atoms. The Hall–Kier alpha value is -0.970. The second kappa shape index (κ2) is 5.80. The van der Waals surface area contributed by atoms with Crippen LogP contribution in [0.15, 0.2) is 18.2 Å². The Labute approximate surface area is 120 Å². The van der Waals surface area contributed by atoms with E-state index >= 15 is 0 Å². The van der Waals surface area contributed by atoms with Crippen molar-refractivity contribution in [2.45, 2.75) is 38.4 Å². The van der Waals surface area contributed by atoms with Crippen LogP contribution in [0, 0.1) is 5.82 Å². The Morgan fingerprint density at radius 2 is 2.20 bits per heavy atom. The van der Waals surface area contributed by atoms with Gasteiger partial charge in [0, 0.05) is 43.8 Å². The lowest BCUT2D eigenvalue weighted by Crippen LogP contribution is -2.49. The predicted molar refractivity (Wildman–Crippen MR) is 78.9 cm³/mol. The molecule has 0 unspecified atom stereocenters. The molecule has 0 amide bonds. The number of nitrogens with zero attached hydrogens (tertiary/aromatic N) is 2.